The number of carbonyl (C=O) groups excluding carboxylic acids is 2. The van der Waals surface area contributed by atoms with Gasteiger partial charge in [-0.2, -0.15) is 0 Å². The molecule has 26 heavy (non-hydrogen) atoms. The van der Waals surface area contributed by atoms with Gasteiger partial charge in [-0.25, -0.2) is 4.79 Å². The van der Waals surface area contributed by atoms with Crippen LogP contribution in [0.3, 0.4) is 0 Å². The maximum Gasteiger partial charge on any atom is 0.328 e. The molecule has 2 rings (SSSR count). The third kappa shape index (κ3) is 4.63. The Balaban J connectivity index is 2.39. The Hall–Kier alpha value is -2.82. The third-order valence-corrected chi connectivity index (χ3v) is 4.20. The van der Waals surface area contributed by atoms with Gasteiger partial charge in [0.1, 0.15) is 11.8 Å². The molecule has 2 aromatic carbocycles. The molecule has 0 aromatic heterocycles. The quantitative estimate of drug-likeness (QED) is 0.713. The number of methoxy groups -OCH3 is 2. The predicted octanol–water partition coefficient (Wildman–Crippen LogP) is 3.54. The van der Waals surface area contributed by atoms with E-state index in [4.69, 9.17) is 9.47 Å². The summed E-state index contributed by atoms with van der Waals surface area (Å²) < 4.78 is 10.1. The van der Waals surface area contributed by atoms with Gasteiger partial charge < -0.3 is 14.4 Å². The Bertz CT molecular complexity index is 725. The van der Waals surface area contributed by atoms with Crippen molar-refractivity contribution >= 4 is 11.9 Å². The third-order valence-electron chi connectivity index (χ3n) is 4.20. The fourth-order valence-corrected chi connectivity index (χ4v) is 2.85. The Labute approximate surface area is 154 Å². The molecule has 1 amide bonds. The lowest BCUT2D eigenvalue weighted by Gasteiger charge is -2.32. The minimum atomic E-state index is -0.671. The molecule has 0 saturated heterocycles. The van der Waals surface area contributed by atoms with Crippen molar-refractivity contribution in [2.45, 2.75) is 26.4 Å². The monoisotopic (exact) mass is 355 g/mol. The summed E-state index contributed by atoms with van der Waals surface area (Å²) in [4.78, 5) is 27.1. The molecule has 2 aromatic rings. The smallest absolute Gasteiger partial charge is 0.328 e. The summed E-state index contributed by atoms with van der Waals surface area (Å²) in [6.45, 7) is 4.11. The van der Waals surface area contributed by atoms with E-state index in [0.29, 0.717) is 12.1 Å². The molecule has 5 nitrogen and oxygen atoms in total. The van der Waals surface area contributed by atoms with Crippen LogP contribution in [0.5, 0.6) is 5.75 Å². The van der Waals surface area contributed by atoms with Crippen LogP contribution in [0.15, 0.2) is 54.6 Å². The molecule has 0 N–H and O–H groups in total. The maximum atomic E-state index is 13.1. The van der Waals surface area contributed by atoms with Gasteiger partial charge in [-0.05, 0) is 35.7 Å². The molecule has 0 fully saturated rings. The Kier molecular flexibility index (Phi) is 6.78. The number of nitrogens with zero attached hydrogens (tertiary/aromatic N) is 1. The van der Waals surface area contributed by atoms with Crippen LogP contribution in [0.1, 0.15) is 29.8 Å². The zero-order valence-electron chi connectivity index (χ0n) is 15.6. The van der Waals surface area contributed by atoms with Crippen LogP contribution in [-0.2, 0) is 16.1 Å². The normalized spacial score (nSPS) is 11.7. The minimum absolute atomic E-state index is 0.0895. The van der Waals surface area contributed by atoms with E-state index in [1.165, 1.54) is 7.11 Å². The van der Waals surface area contributed by atoms with Crippen LogP contribution < -0.4 is 4.74 Å². The SMILES string of the molecule is COC(=O)C(C(C)C)N(Cc1ccc(OC)cc1)C(=O)c1ccccc1. The van der Waals surface area contributed by atoms with E-state index >= 15 is 0 Å². The Morgan fingerprint density at radius 1 is 0.962 bits per heavy atom. The van der Waals surface area contributed by atoms with Gasteiger partial charge in [-0.1, -0.05) is 44.2 Å². The molecule has 5 heteroatoms. The summed E-state index contributed by atoms with van der Waals surface area (Å²) in [5.41, 5.74) is 1.44. The van der Waals surface area contributed by atoms with E-state index in [-0.39, 0.29) is 11.8 Å². The number of carbonyl (C=O) groups is 2. The van der Waals surface area contributed by atoms with Gasteiger partial charge >= 0.3 is 5.97 Å². The number of rotatable bonds is 7. The van der Waals surface area contributed by atoms with Crippen LogP contribution in [0.4, 0.5) is 0 Å². The van der Waals surface area contributed by atoms with E-state index in [2.05, 4.69) is 0 Å². The highest BCUT2D eigenvalue weighted by Crippen LogP contribution is 2.21. The summed E-state index contributed by atoms with van der Waals surface area (Å²) in [5.74, 6) is 0.0275. The van der Waals surface area contributed by atoms with Crippen LogP contribution in [0.25, 0.3) is 0 Å². The van der Waals surface area contributed by atoms with E-state index in [1.54, 1.807) is 36.3 Å². The molecular weight excluding hydrogens is 330 g/mol. The van der Waals surface area contributed by atoms with Gasteiger partial charge in [0.05, 0.1) is 14.2 Å². The summed E-state index contributed by atoms with van der Waals surface area (Å²) in [5, 5.41) is 0. The Morgan fingerprint density at radius 3 is 2.08 bits per heavy atom. The highest BCUT2D eigenvalue weighted by molar-refractivity contribution is 5.96. The van der Waals surface area contributed by atoms with Crippen molar-refractivity contribution in [1.29, 1.82) is 0 Å². The first-order valence-electron chi connectivity index (χ1n) is 8.54. The average Bonchev–Trinajstić information content (AvgIpc) is 2.67. The predicted molar refractivity (Wildman–Crippen MR) is 100.0 cm³/mol. The number of amides is 1. The van der Waals surface area contributed by atoms with Crippen molar-refractivity contribution < 1.29 is 19.1 Å². The zero-order valence-corrected chi connectivity index (χ0v) is 15.6. The van der Waals surface area contributed by atoms with Crippen LogP contribution >= 0.6 is 0 Å². The molecule has 1 unspecified atom stereocenters. The van der Waals surface area contributed by atoms with Crippen LogP contribution in [0.2, 0.25) is 0 Å². The van der Waals surface area contributed by atoms with Crippen molar-refractivity contribution in [2.75, 3.05) is 14.2 Å². The van der Waals surface area contributed by atoms with E-state index < -0.39 is 12.0 Å². The van der Waals surface area contributed by atoms with Crippen molar-refractivity contribution in [3.8, 4) is 5.75 Å². The fraction of sp³-hybridized carbons (Fsp3) is 0.333. The number of ether oxygens (including phenoxy) is 2. The molecular formula is C21H25NO4. The average molecular weight is 355 g/mol. The van der Waals surface area contributed by atoms with Gasteiger partial charge in [0.2, 0.25) is 0 Å². The maximum absolute atomic E-state index is 13.1. The second kappa shape index (κ2) is 9.04. The minimum Gasteiger partial charge on any atom is -0.497 e. The van der Waals surface area contributed by atoms with Crippen molar-refractivity contribution in [3.05, 3.63) is 65.7 Å². The highest BCUT2D eigenvalue weighted by Gasteiger charge is 2.33. The molecule has 138 valence electrons. The van der Waals surface area contributed by atoms with Gasteiger partial charge in [0.25, 0.3) is 5.91 Å². The summed E-state index contributed by atoms with van der Waals surface area (Å²) in [6, 6.07) is 15.7. The molecule has 0 spiro atoms. The molecule has 0 radical (unpaired) electrons. The molecule has 0 heterocycles. The van der Waals surface area contributed by atoms with Gasteiger partial charge in [0, 0.05) is 12.1 Å². The van der Waals surface area contributed by atoms with Crippen molar-refractivity contribution in [2.24, 2.45) is 5.92 Å². The van der Waals surface area contributed by atoms with E-state index in [0.717, 1.165) is 11.3 Å². The number of hydrogen-bond donors (Lipinski definition) is 0. The van der Waals surface area contributed by atoms with Crippen molar-refractivity contribution in [3.63, 3.8) is 0 Å². The topological polar surface area (TPSA) is 55.8 Å². The Morgan fingerprint density at radius 2 is 1.58 bits per heavy atom. The molecule has 0 bridgehead atoms. The lowest BCUT2D eigenvalue weighted by atomic mass is 10.00. The summed E-state index contributed by atoms with van der Waals surface area (Å²) in [7, 11) is 2.95. The van der Waals surface area contributed by atoms with Gasteiger partial charge in [-0.15, -0.1) is 0 Å². The van der Waals surface area contributed by atoms with E-state index in [1.807, 2.05) is 44.2 Å². The van der Waals surface area contributed by atoms with Crippen LogP contribution in [0, 0.1) is 5.92 Å². The number of esters is 1. The van der Waals surface area contributed by atoms with Gasteiger partial charge in [-0.3, -0.25) is 4.79 Å². The van der Waals surface area contributed by atoms with Crippen LogP contribution in [-0.4, -0.2) is 37.0 Å². The lowest BCUT2D eigenvalue weighted by Crippen LogP contribution is -2.48. The summed E-state index contributed by atoms with van der Waals surface area (Å²) >= 11 is 0. The van der Waals surface area contributed by atoms with Crippen molar-refractivity contribution in [1.82, 2.24) is 4.90 Å². The van der Waals surface area contributed by atoms with E-state index in [9.17, 15) is 9.59 Å². The second-order valence-corrected chi connectivity index (χ2v) is 6.36. The number of benzene rings is 2. The summed E-state index contributed by atoms with van der Waals surface area (Å²) in [6.07, 6.45) is 0. The first kappa shape index (κ1) is 19.5. The fourth-order valence-electron chi connectivity index (χ4n) is 2.85. The number of hydrogen-bond acceptors (Lipinski definition) is 4. The molecule has 0 aliphatic carbocycles. The standard InChI is InChI=1S/C21H25NO4/c1-15(2)19(21(24)26-4)22(20(23)17-8-6-5-7-9-17)14-16-10-12-18(25-3)13-11-16/h5-13,15,19H,14H2,1-4H3. The molecule has 0 aliphatic rings. The van der Waals surface area contributed by atoms with Gasteiger partial charge in [0.15, 0.2) is 0 Å². The second-order valence-electron chi connectivity index (χ2n) is 6.36. The largest absolute Gasteiger partial charge is 0.497 e. The lowest BCUT2D eigenvalue weighted by molar-refractivity contribution is -0.147. The molecule has 0 saturated carbocycles. The molecule has 0 aliphatic heterocycles. The zero-order chi connectivity index (χ0) is 19.1. The molecule has 1 atom stereocenters. The first-order valence-corrected chi connectivity index (χ1v) is 8.54. The highest BCUT2D eigenvalue weighted by atomic mass is 16.5. The first-order chi connectivity index (χ1) is 12.5.